The zero-order valence-corrected chi connectivity index (χ0v) is 19.6. The number of nitrogens with zero attached hydrogens (tertiary/aromatic N) is 4. The zero-order valence-electron chi connectivity index (χ0n) is 19.6. The Morgan fingerprint density at radius 1 is 1.06 bits per heavy atom. The molecule has 0 bridgehead atoms. The molecule has 4 heterocycles. The highest BCUT2D eigenvalue weighted by molar-refractivity contribution is 6.14. The molecule has 8 heteroatoms. The molecule has 0 fully saturated rings. The smallest absolute Gasteiger partial charge is 0.144 e. The molecule has 34 heavy (non-hydrogen) atoms. The van der Waals surface area contributed by atoms with Crippen molar-refractivity contribution in [3.8, 4) is 16.9 Å². The number of hydrogen-bond donors (Lipinski definition) is 2. The Hall–Kier alpha value is -4.33. The van der Waals surface area contributed by atoms with Gasteiger partial charge in [0.1, 0.15) is 28.8 Å². The van der Waals surface area contributed by atoms with E-state index in [1.54, 1.807) is 7.11 Å². The molecule has 0 saturated carbocycles. The quantitative estimate of drug-likeness (QED) is 0.344. The lowest BCUT2D eigenvalue weighted by molar-refractivity contribution is 0.393. The summed E-state index contributed by atoms with van der Waals surface area (Å²) in [6.45, 7) is 5.74. The van der Waals surface area contributed by atoms with Crippen LogP contribution in [0.2, 0.25) is 0 Å². The fourth-order valence-corrected chi connectivity index (χ4v) is 4.80. The third-order valence-electron chi connectivity index (χ3n) is 6.37. The van der Waals surface area contributed by atoms with Crippen molar-refractivity contribution in [3.05, 3.63) is 59.9 Å². The minimum Gasteiger partial charge on any atom is -0.496 e. The van der Waals surface area contributed by atoms with Crippen LogP contribution < -0.4 is 10.1 Å². The molecule has 0 spiro atoms. The molecule has 0 amide bonds. The number of rotatable bonds is 4. The first-order valence-electron chi connectivity index (χ1n) is 11.1. The van der Waals surface area contributed by atoms with Gasteiger partial charge in [-0.15, -0.1) is 0 Å². The lowest BCUT2D eigenvalue weighted by atomic mass is 10.0. The van der Waals surface area contributed by atoms with E-state index >= 15 is 0 Å². The van der Waals surface area contributed by atoms with Crippen LogP contribution in [0.1, 0.15) is 17.3 Å². The number of anilines is 2. The number of benzene rings is 2. The second-order valence-electron chi connectivity index (χ2n) is 8.56. The van der Waals surface area contributed by atoms with Gasteiger partial charge in [-0.2, -0.15) is 0 Å². The molecule has 0 atom stereocenters. The number of ether oxygens (including phenoxy) is 1. The number of methoxy groups -OCH3 is 1. The molecular weight excluding hydrogens is 428 g/mol. The van der Waals surface area contributed by atoms with Crippen LogP contribution in [-0.4, -0.2) is 31.8 Å². The third-order valence-corrected chi connectivity index (χ3v) is 6.37. The van der Waals surface area contributed by atoms with Crippen LogP contribution in [0.5, 0.6) is 5.75 Å². The number of aromatic nitrogens is 5. The molecule has 0 saturated heterocycles. The second kappa shape index (κ2) is 7.34. The summed E-state index contributed by atoms with van der Waals surface area (Å²) in [4.78, 5) is 12.9. The maximum Gasteiger partial charge on any atom is 0.144 e. The van der Waals surface area contributed by atoms with Crippen molar-refractivity contribution in [2.24, 2.45) is 7.05 Å². The molecule has 0 unspecified atom stereocenters. The summed E-state index contributed by atoms with van der Waals surface area (Å²) in [5, 5.41) is 10.7. The van der Waals surface area contributed by atoms with Gasteiger partial charge in [-0.1, -0.05) is 11.2 Å². The van der Waals surface area contributed by atoms with Gasteiger partial charge in [0.05, 0.1) is 23.8 Å². The molecule has 0 aliphatic rings. The van der Waals surface area contributed by atoms with E-state index in [1.807, 2.05) is 40.0 Å². The number of nitrogens with one attached hydrogen (secondary N) is 2. The summed E-state index contributed by atoms with van der Waals surface area (Å²) < 4.78 is 13.3. The molecule has 0 radical (unpaired) electrons. The molecule has 4 aromatic heterocycles. The van der Waals surface area contributed by atoms with Crippen LogP contribution in [0.4, 0.5) is 11.5 Å². The predicted molar refractivity (Wildman–Crippen MR) is 134 cm³/mol. The SMILES string of the molecule is COc1cc2c(cc1-c1c(C)noc1C)[nH]c1nc(C)nc(Nc3cccc4c3ccn4C)c12. The average Bonchev–Trinajstić information content (AvgIpc) is 3.47. The monoisotopic (exact) mass is 452 g/mol. The average molecular weight is 453 g/mol. The second-order valence-corrected chi connectivity index (χ2v) is 8.56. The van der Waals surface area contributed by atoms with E-state index in [2.05, 4.69) is 55.5 Å². The van der Waals surface area contributed by atoms with Crippen molar-refractivity contribution < 1.29 is 9.26 Å². The molecule has 2 aromatic carbocycles. The summed E-state index contributed by atoms with van der Waals surface area (Å²) in [5.74, 6) is 2.91. The molecule has 0 aliphatic heterocycles. The van der Waals surface area contributed by atoms with Crippen molar-refractivity contribution >= 4 is 44.3 Å². The van der Waals surface area contributed by atoms with E-state index in [-0.39, 0.29) is 0 Å². The van der Waals surface area contributed by atoms with Gasteiger partial charge >= 0.3 is 0 Å². The molecule has 6 aromatic rings. The fourth-order valence-electron chi connectivity index (χ4n) is 4.80. The van der Waals surface area contributed by atoms with E-state index in [1.165, 1.54) is 0 Å². The van der Waals surface area contributed by atoms with Gasteiger partial charge in [-0.3, -0.25) is 0 Å². The Balaban J connectivity index is 1.59. The Bertz CT molecular complexity index is 1700. The summed E-state index contributed by atoms with van der Waals surface area (Å²) in [5.41, 5.74) is 6.53. The minimum atomic E-state index is 0.680. The van der Waals surface area contributed by atoms with E-state index in [9.17, 15) is 0 Å². The van der Waals surface area contributed by atoms with E-state index in [4.69, 9.17) is 14.2 Å². The predicted octanol–water partition coefficient (Wildman–Crippen LogP) is 5.94. The Kier molecular flexibility index (Phi) is 4.38. The fraction of sp³-hybridized carbons (Fsp3) is 0.192. The normalized spacial score (nSPS) is 11.7. The Morgan fingerprint density at radius 2 is 1.91 bits per heavy atom. The minimum absolute atomic E-state index is 0.680. The van der Waals surface area contributed by atoms with Crippen molar-refractivity contribution in [1.82, 2.24) is 24.7 Å². The highest BCUT2D eigenvalue weighted by Crippen LogP contribution is 2.41. The van der Waals surface area contributed by atoms with Crippen molar-refractivity contribution in [1.29, 1.82) is 0 Å². The van der Waals surface area contributed by atoms with E-state index in [0.29, 0.717) is 5.82 Å². The van der Waals surface area contributed by atoms with Gasteiger partial charge in [-0.25, -0.2) is 9.97 Å². The van der Waals surface area contributed by atoms with Crippen LogP contribution in [0, 0.1) is 20.8 Å². The van der Waals surface area contributed by atoms with Crippen LogP contribution in [0.15, 0.2) is 47.1 Å². The van der Waals surface area contributed by atoms with Gasteiger partial charge in [0.15, 0.2) is 0 Å². The van der Waals surface area contributed by atoms with Crippen molar-refractivity contribution in [3.63, 3.8) is 0 Å². The third kappa shape index (κ3) is 2.95. The summed E-state index contributed by atoms with van der Waals surface area (Å²) >= 11 is 0. The first-order valence-corrected chi connectivity index (χ1v) is 11.1. The van der Waals surface area contributed by atoms with E-state index in [0.717, 1.165) is 72.7 Å². The largest absolute Gasteiger partial charge is 0.496 e. The molecule has 2 N–H and O–H groups in total. The molecule has 0 aliphatic carbocycles. The lowest BCUT2D eigenvalue weighted by Gasteiger charge is -2.11. The van der Waals surface area contributed by atoms with Crippen molar-refractivity contribution in [2.75, 3.05) is 12.4 Å². The molecular formula is C26H24N6O2. The number of hydrogen-bond acceptors (Lipinski definition) is 6. The number of H-pyrrole nitrogens is 1. The number of aromatic amines is 1. The highest BCUT2D eigenvalue weighted by Gasteiger charge is 2.21. The van der Waals surface area contributed by atoms with Crippen LogP contribution in [-0.2, 0) is 7.05 Å². The highest BCUT2D eigenvalue weighted by atomic mass is 16.5. The van der Waals surface area contributed by atoms with Gasteiger partial charge in [0.25, 0.3) is 0 Å². The van der Waals surface area contributed by atoms with E-state index < -0.39 is 0 Å². The Labute approximate surface area is 195 Å². The molecule has 6 rings (SSSR count). The molecule has 170 valence electrons. The maximum atomic E-state index is 5.80. The summed E-state index contributed by atoms with van der Waals surface area (Å²) in [6.07, 6.45) is 2.06. The summed E-state index contributed by atoms with van der Waals surface area (Å²) in [7, 11) is 3.72. The lowest BCUT2D eigenvalue weighted by Crippen LogP contribution is -1.99. The molecule has 8 nitrogen and oxygen atoms in total. The van der Waals surface area contributed by atoms with Gasteiger partial charge < -0.3 is 24.1 Å². The van der Waals surface area contributed by atoms with Gasteiger partial charge in [0, 0.05) is 46.3 Å². The summed E-state index contributed by atoms with van der Waals surface area (Å²) in [6, 6.07) is 12.4. The van der Waals surface area contributed by atoms with Crippen LogP contribution >= 0.6 is 0 Å². The Morgan fingerprint density at radius 3 is 2.68 bits per heavy atom. The van der Waals surface area contributed by atoms with Gasteiger partial charge in [-0.05, 0) is 51.1 Å². The topological polar surface area (TPSA) is 93.8 Å². The maximum absolute atomic E-state index is 5.80. The van der Waals surface area contributed by atoms with Crippen molar-refractivity contribution in [2.45, 2.75) is 20.8 Å². The zero-order chi connectivity index (χ0) is 23.6. The first kappa shape index (κ1) is 20.3. The first-order chi connectivity index (χ1) is 16.4. The van der Waals surface area contributed by atoms with Crippen LogP contribution in [0.25, 0.3) is 44.0 Å². The standard InChI is InChI=1S/C26H24N6O2/c1-13-23(14(2)34-31-13)18-11-20-17(12-22(18)33-5)24-25(27-15(3)28-26(24)30-20)29-19-7-6-8-21-16(19)9-10-32(21)4/h6-12H,1-5H3,(H2,27,28,29,30). The van der Waals surface area contributed by atoms with Gasteiger partial charge in [0.2, 0.25) is 0 Å². The number of fused-ring (bicyclic) bond motifs is 4. The number of aryl methyl sites for hydroxylation is 4. The van der Waals surface area contributed by atoms with Crippen LogP contribution in [0.3, 0.4) is 0 Å².